The number of nitrogens with zero attached hydrogens (tertiary/aromatic N) is 2. The van der Waals surface area contributed by atoms with Crippen LogP contribution in [0.2, 0.25) is 10.0 Å². The van der Waals surface area contributed by atoms with Gasteiger partial charge in [-0.1, -0.05) is 47.1 Å². The summed E-state index contributed by atoms with van der Waals surface area (Å²) in [7, 11) is -3.59. The van der Waals surface area contributed by atoms with Crippen LogP contribution < -0.4 is 4.74 Å². The average Bonchev–Trinajstić information content (AvgIpc) is 3.13. The molecule has 0 saturated heterocycles. The van der Waals surface area contributed by atoms with E-state index < -0.39 is 9.84 Å². The van der Waals surface area contributed by atoms with E-state index >= 15 is 0 Å². The molecule has 6 nitrogen and oxygen atoms in total. The second-order valence-electron chi connectivity index (χ2n) is 5.54. The minimum absolute atomic E-state index is 0.0131. The van der Waals surface area contributed by atoms with Gasteiger partial charge in [0.15, 0.2) is 9.84 Å². The minimum atomic E-state index is -3.59. The number of thioether (sulfide) groups is 1. The molecule has 0 radical (unpaired) electrons. The number of aromatic nitrogens is 2. The predicted molar refractivity (Wildman–Crippen MR) is 110 cm³/mol. The molecular weight excluding hydrogens is 443 g/mol. The highest BCUT2D eigenvalue weighted by molar-refractivity contribution is 8.00. The molecule has 0 atom stereocenters. The zero-order valence-electron chi connectivity index (χ0n) is 14.8. The first-order valence-corrected chi connectivity index (χ1v) is 11.7. The van der Waals surface area contributed by atoms with Crippen molar-refractivity contribution in [3.8, 4) is 17.2 Å². The summed E-state index contributed by atoms with van der Waals surface area (Å²) < 4.78 is 36.2. The van der Waals surface area contributed by atoms with Crippen molar-refractivity contribution in [3.63, 3.8) is 0 Å². The lowest BCUT2D eigenvalue weighted by atomic mass is 10.2. The van der Waals surface area contributed by atoms with E-state index in [0.29, 0.717) is 28.8 Å². The van der Waals surface area contributed by atoms with E-state index in [1.165, 1.54) is 18.2 Å². The molecule has 2 aromatic carbocycles. The molecular formula is C18H16Cl2N2O4S2. The van der Waals surface area contributed by atoms with Crippen LogP contribution in [0.25, 0.3) is 11.5 Å². The fourth-order valence-corrected chi connectivity index (χ4v) is 5.59. The zero-order chi connectivity index (χ0) is 20.1. The van der Waals surface area contributed by atoms with Gasteiger partial charge >= 0.3 is 0 Å². The molecule has 0 spiro atoms. The molecule has 1 heterocycles. The lowest BCUT2D eigenvalue weighted by molar-refractivity contribution is 0.340. The van der Waals surface area contributed by atoms with Gasteiger partial charge in [-0.2, -0.15) is 0 Å². The highest BCUT2D eigenvalue weighted by Crippen LogP contribution is 2.31. The number of para-hydroxylation sites is 1. The molecule has 0 unspecified atom stereocenters. The lowest BCUT2D eigenvalue weighted by Gasteiger charge is -2.06. The quantitative estimate of drug-likeness (QED) is 0.438. The fraction of sp³-hybridized carbons (Fsp3) is 0.222. The van der Waals surface area contributed by atoms with E-state index in [4.69, 9.17) is 32.4 Å². The van der Waals surface area contributed by atoms with Crippen molar-refractivity contribution >= 4 is 44.8 Å². The number of halogens is 2. The van der Waals surface area contributed by atoms with E-state index in [2.05, 4.69) is 10.2 Å². The number of benzene rings is 2. The summed E-state index contributed by atoms with van der Waals surface area (Å²) in [6, 6.07) is 11.7. The summed E-state index contributed by atoms with van der Waals surface area (Å²) >= 11 is 13.0. The topological polar surface area (TPSA) is 82.3 Å². The molecule has 0 aliphatic carbocycles. The van der Waals surface area contributed by atoms with Gasteiger partial charge in [0.1, 0.15) is 5.75 Å². The van der Waals surface area contributed by atoms with Crippen molar-refractivity contribution < 1.29 is 17.6 Å². The smallest absolute Gasteiger partial charge is 0.276 e. The molecule has 148 valence electrons. The summed E-state index contributed by atoms with van der Waals surface area (Å²) in [5.41, 5.74) is 0.682. The molecule has 0 fully saturated rings. The van der Waals surface area contributed by atoms with Gasteiger partial charge in [0, 0.05) is 10.8 Å². The van der Waals surface area contributed by atoms with Gasteiger partial charge in [-0.25, -0.2) is 8.42 Å². The zero-order valence-corrected chi connectivity index (χ0v) is 17.9. The van der Waals surface area contributed by atoms with Crippen molar-refractivity contribution in [2.24, 2.45) is 0 Å². The van der Waals surface area contributed by atoms with Gasteiger partial charge in [0.25, 0.3) is 11.1 Å². The Kier molecular flexibility index (Phi) is 6.87. The second-order valence-corrected chi connectivity index (χ2v) is 9.51. The van der Waals surface area contributed by atoms with Crippen LogP contribution in [-0.4, -0.2) is 36.7 Å². The minimum Gasteiger partial charge on any atom is -0.493 e. The number of hydrogen-bond donors (Lipinski definition) is 0. The second kappa shape index (κ2) is 9.17. The maximum absolute atomic E-state index is 12.5. The third kappa shape index (κ3) is 5.00. The van der Waals surface area contributed by atoms with Crippen LogP contribution in [0.5, 0.6) is 5.75 Å². The van der Waals surface area contributed by atoms with Gasteiger partial charge in [-0.3, -0.25) is 0 Å². The van der Waals surface area contributed by atoms with Crippen LogP contribution in [0.4, 0.5) is 0 Å². The van der Waals surface area contributed by atoms with Crippen molar-refractivity contribution in [1.29, 1.82) is 0 Å². The molecule has 0 aliphatic heterocycles. The summed E-state index contributed by atoms with van der Waals surface area (Å²) in [5, 5.41) is 8.71. The van der Waals surface area contributed by atoms with E-state index in [-0.39, 0.29) is 26.6 Å². The van der Waals surface area contributed by atoms with Crippen LogP contribution >= 0.6 is 35.0 Å². The summed E-state index contributed by atoms with van der Waals surface area (Å²) in [6.07, 6.45) is 0. The largest absolute Gasteiger partial charge is 0.493 e. The third-order valence-electron chi connectivity index (χ3n) is 3.63. The first kappa shape index (κ1) is 21.0. The SMILES string of the molecule is CCOc1ccccc1-c1nnc(SCCS(=O)(=O)c2cc(Cl)ccc2Cl)o1. The van der Waals surface area contributed by atoms with Crippen molar-refractivity contribution in [1.82, 2.24) is 10.2 Å². The Morgan fingerprint density at radius 1 is 1.14 bits per heavy atom. The molecule has 3 aromatic rings. The maximum atomic E-state index is 12.5. The highest BCUT2D eigenvalue weighted by Gasteiger charge is 2.20. The Morgan fingerprint density at radius 2 is 1.93 bits per heavy atom. The standard InChI is InChI=1S/C18H16Cl2N2O4S2/c1-2-25-15-6-4-3-5-13(15)17-21-22-18(26-17)27-9-10-28(23,24)16-11-12(19)7-8-14(16)20/h3-8,11H,2,9-10H2,1H3. The number of hydrogen-bond acceptors (Lipinski definition) is 7. The number of ether oxygens (including phenoxy) is 1. The molecule has 0 aliphatic rings. The van der Waals surface area contributed by atoms with Crippen molar-refractivity contribution in [2.45, 2.75) is 17.0 Å². The molecule has 1 aromatic heterocycles. The summed E-state index contributed by atoms with van der Waals surface area (Å²) in [5.74, 6) is 1.03. The summed E-state index contributed by atoms with van der Waals surface area (Å²) in [4.78, 5) is 0.0131. The van der Waals surface area contributed by atoms with Gasteiger partial charge in [0.2, 0.25) is 0 Å². The number of sulfone groups is 1. The van der Waals surface area contributed by atoms with Crippen LogP contribution in [-0.2, 0) is 9.84 Å². The van der Waals surface area contributed by atoms with Gasteiger partial charge in [-0.15, -0.1) is 10.2 Å². The Labute approximate surface area is 177 Å². The third-order valence-corrected chi connectivity index (χ3v) is 7.13. The normalized spacial score (nSPS) is 11.5. The van der Waals surface area contributed by atoms with E-state index in [1.807, 2.05) is 31.2 Å². The average molecular weight is 459 g/mol. The maximum Gasteiger partial charge on any atom is 0.276 e. The van der Waals surface area contributed by atoms with Crippen molar-refractivity contribution in [2.75, 3.05) is 18.1 Å². The molecule has 0 bridgehead atoms. The Balaban J connectivity index is 1.68. The molecule has 0 amide bonds. The number of rotatable bonds is 8. The highest BCUT2D eigenvalue weighted by atomic mass is 35.5. The Bertz CT molecular complexity index is 1070. The van der Waals surface area contributed by atoms with Crippen molar-refractivity contribution in [3.05, 3.63) is 52.5 Å². The fourth-order valence-electron chi connectivity index (χ4n) is 2.37. The van der Waals surface area contributed by atoms with E-state index in [9.17, 15) is 8.42 Å². The molecule has 3 rings (SSSR count). The molecule has 28 heavy (non-hydrogen) atoms. The van der Waals surface area contributed by atoms with Gasteiger partial charge in [-0.05, 0) is 37.3 Å². The van der Waals surface area contributed by atoms with Gasteiger partial charge < -0.3 is 9.15 Å². The summed E-state index contributed by atoms with van der Waals surface area (Å²) in [6.45, 7) is 2.40. The predicted octanol–water partition coefficient (Wildman–Crippen LogP) is 5.01. The van der Waals surface area contributed by atoms with Gasteiger partial charge in [0.05, 0.1) is 27.8 Å². The van der Waals surface area contributed by atoms with Crippen LogP contribution in [0.15, 0.2) is 57.0 Å². The molecule has 0 N–H and O–H groups in total. The molecule has 0 saturated carbocycles. The van der Waals surface area contributed by atoms with Crippen LogP contribution in [0, 0.1) is 0 Å². The van der Waals surface area contributed by atoms with Crippen LogP contribution in [0.1, 0.15) is 6.92 Å². The first-order valence-electron chi connectivity index (χ1n) is 8.27. The Morgan fingerprint density at radius 3 is 2.71 bits per heavy atom. The lowest BCUT2D eigenvalue weighted by Crippen LogP contribution is -2.09. The van der Waals surface area contributed by atoms with E-state index in [1.54, 1.807) is 0 Å². The molecule has 10 heteroatoms. The Hall–Kier alpha value is -1.74. The van der Waals surface area contributed by atoms with Crippen LogP contribution in [0.3, 0.4) is 0 Å². The van der Waals surface area contributed by atoms with E-state index in [0.717, 1.165) is 11.8 Å². The first-order chi connectivity index (χ1) is 13.4. The monoisotopic (exact) mass is 458 g/mol.